The first-order valence-corrected chi connectivity index (χ1v) is 7.24. The van der Waals surface area contributed by atoms with E-state index in [2.05, 4.69) is 4.72 Å². The zero-order valence-corrected chi connectivity index (χ0v) is 11.2. The average molecular weight is 290 g/mol. The lowest BCUT2D eigenvalue weighted by molar-refractivity contribution is 0.574. The molecule has 0 saturated carbocycles. The highest BCUT2D eigenvalue weighted by Gasteiger charge is 2.14. The van der Waals surface area contributed by atoms with Gasteiger partial charge in [0.15, 0.2) is 0 Å². The summed E-state index contributed by atoms with van der Waals surface area (Å²) in [5.41, 5.74) is 0.641. The monoisotopic (exact) mass is 290 g/mol. The number of hydrogen-bond donors (Lipinski definition) is 1. The van der Waals surface area contributed by atoms with Crippen LogP contribution in [0, 0.1) is 17.1 Å². The lowest BCUT2D eigenvalue weighted by Crippen LogP contribution is -2.23. The smallest absolute Gasteiger partial charge is 0.207 e. The van der Waals surface area contributed by atoms with Crippen molar-refractivity contribution in [2.75, 3.05) is 0 Å². The molecule has 0 aliphatic carbocycles. The summed E-state index contributed by atoms with van der Waals surface area (Å²) in [6, 6.07) is 13.4. The average Bonchev–Trinajstić information content (AvgIpc) is 2.46. The van der Waals surface area contributed by atoms with Gasteiger partial charge in [-0.05, 0) is 30.3 Å². The number of nitriles is 1. The van der Waals surface area contributed by atoms with Crippen LogP contribution in [-0.2, 0) is 16.6 Å². The quantitative estimate of drug-likeness (QED) is 0.938. The van der Waals surface area contributed by atoms with Crippen molar-refractivity contribution >= 4 is 10.0 Å². The second-order valence-corrected chi connectivity index (χ2v) is 5.82. The summed E-state index contributed by atoms with van der Waals surface area (Å²) in [6.07, 6.45) is 0. The van der Waals surface area contributed by atoms with Gasteiger partial charge in [-0.3, -0.25) is 0 Å². The van der Waals surface area contributed by atoms with E-state index in [-0.39, 0.29) is 17.0 Å². The summed E-state index contributed by atoms with van der Waals surface area (Å²) >= 11 is 0. The highest BCUT2D eigenvalue weighted by molar-refractivity contribution is 7.89. The van der Waals surface area contributed by atoms with Gasteiger partial charge in [-0.1, -0.05) is 18.2 Å². The third kappa shape index (κ3) is 3.20. The first-order valence-electron chi connectivity index (χ1n) is 5.76. The van der Waals surface area contributed by atoms with Gasteiger partial charge in [0, 0.05) is 12.1 Å². The Kier molecular flexibility index (Phi) is 4.13. The van der Waals surface area contributed by atoms with Crippen molar-refractivity contribution in [3.8, 4) is 6.07 Å². The standard InChI is InChI=1S/C14H11FN2O2S/c15-14-4-2-1-3-12(14)10-17-20(18,19)13-7-5-11(9-16)6-8-13/h1-8,17H,10H2. The lowest BCUT2D eigenvalue weighted by Gasteiger charge is -2.07. The second-order valence-electron chi connectivity index (χ2n) is 4.05. The van der Waals surface area contributed by atoms with Gasteiger partial charge < -0.3 is 0 Å². The molecular formula is C14H11FN2O2S. The molecule has 0 atom stereocenters. The molecule has 0 spiro atoms. The van der Waals surface area contributed by atoms with Gasteiger partial charge in [-0.2, -0.15) is 5.26 Å². The number of sulfonamides is 1. The third-order valence-corrected chi connectivity index (χ3v) is 4.12. The minimum absolute atomic E-state index is 0.0350. The number of halogens is 1. The summed E-state index contributed by atoms with van der Waals surface area (Å²) in [6.45, 7) is -0.130. The molecule has 0 fully saturated rings. The van der Waals surface area contributed by atoms with Gasteiger partial charge in [-0.15, -0.1) is 0 Å². The molecule has 2 aromatic rings. The molecule has 0 radical (unpaired) electrons. The van der Waals surface area contributed by atoms with Crippen molar-refractivity contribution in [3.63, 3.8) is 0 Å². The number of benzene rings is 2. The van der Waals surface area contributed by atoms with Crippen LogP contribution in [0.5, 0.6) is 0 Å². The fourth-order valence-electron chi connectivity index (χ4n) is 1.61. The van der Waals surface area contributed by atoms with E-state index in [0.29, 0.717) is 5.56 Å². The first kappa shape index (κ1) is 14.2. The van der Waals surface area contributed by atoms with Crippen molar-refractivity contribution in [2.24, 2.45) is 0 Å². The van der Waals surface area contributed by atoms with E-state index in [1.165, 1.54) is 42.5 Å². The molecule has 0 aliphatic rings. The largest absolute Gasteiger partial charge is 0.240 e. The van der Waals surface area contributed by atoms with E-state index in [4.69, 9.17) is 5.26 Å². The summed E-state index contributed by atoms with van der Waals surface area (Å²) in [4.78, 5) is 0.0350. The Morgan fingerprint density at radius 1 is 1.10 bits per heavy atom. The van der Waals surface area contributed by atoms with E-state index in [0.717, 1.165) is 0 Å². The lowest BCUT2D eigenvalue weighted by atomic mass is 10.2. The van der Waals surface area contributed by atoms with Crippen LogP contribution in [-0.4, -0.2) is 8.42 Å². The minimum atomic E-state index is -3.73. The number of nitrogens with one attached hydrogen (secondary N) is 1. The van der Waals surface area contributed by atoms with Crippen LogP contribution in [0.4, 0.5) is 4.39 Å². The first-order chi connectivity index (χ1) is 9.53. The SMILES string of the molecule is N#Cc1ccc(S(=O)(=O)NCc2ccccc2F)cc1. The highest BCUT2D eigenvalue weighted by atomic mass is 32.2. The Labute approximate surface area is 116 Å². The zero-order chi connectivity index (χ0) is 14.6. The van der Waals surface area contributed by atoms with Crippen molar-refractivity contribution < 1.29 is 12.8 Å². The van der Waals surface area contributed by atoms with Gasteiger partial charge in [0.05, 0.1) is 16.5 Å². The van der Waals surface area contributed by atoms with Crippen LogP contribution in [0.3, 0.4) is 0 Å². The van der Waals surface area contributed by atoms with E-state index < -0.39 is 15.8 Å². The fraction of sp³-hybridized carbons (Fsp3) is 0.0714. The Hall–Kier alpha value is -2.23. The predicted octanol–water partition coefficient (Wildman–Crippen LogP) is 2.18. The van der Waals surface area contributed by atoms with E-state index >= 15 is 0 Å². The van der Waals surface area contributed by atoms with Crippen LogP contribution in [0.2, 0.25) is 0 Å². The molecule has 4 nitrogen and oxygen atoms in total. The Morgan fingerprint density at radius 2 is 1.75 bits per heavy atom. The predicted molar refractivity (Wildman–Crippen MR) is 71.6 cm³/mol. The Bertz CT molecular complexity index is 749. The van der Waals surface area contributed by atoms with Crippen LogP contribution in [0.25, 0.3) is 0 Å². The summed E-state index contributed by atoms with van der Waals surface area (Å²) < 4.78 is 39.7. The minimum Gasteiger partial charge on any atom is -0.207 e. The van der Waals surface area contributed by atoms with Crippen LogP contribution >= 0.6 is 0 Å². The molecule has 1 N–H and O–H groups in total. The second kappa shape index (κ2) is 5.82. The fourth-order valence-corrected chi connectivity index (χ4v) is 2.61. The van der Waals surface area contributed by atoms with Crippen molar-refractivity contribution in [1.82, 2.24) is 4.72 Å². The molecule has 0 unspecified atom stereocenters. The molecule has 0 aliphatic heterocycles. The molecule has 0 aromatic heterocycles. The van der Waals surface area contributed by atoms with Crippen molar-refractivity contribution in [2.45, 2.75) is 11.4 Å². The topological polar surface area (TPSA) is 70.0 Å². The van der Waals surface area contributed by atoms with E-state index in [9.17, 15) is 12.8 Å². The van der Waals surface area contributed by atoms with Crippen LogP contribution in [0.1, 0.15) is 11.1 Å². The molecule has 20 heavy (non-hydrogen) atoms. The van der Waals surface area contributed by atoms with Gasteiger partial charge in [0.25, 0.3) is 0 Å². The van der Waals surface area contributed by atoms with Gasteiger partial charge in [0.1, 0.15) is 5.82 Å². The molecule has 6 heteroatoms. The van der Waals surface area contributed by atoms with Crippen molar-refractivity contribution in [3.05, 3.63) is 65.5 Å². The number of nitrogens with zero attached hydrogens (tertiary/aromatic N) is 1. The molecule has 0 heterocycles. The molecular weight excluding hydrogens is 279 g/mol. The summed E-state index contributed by atoms with van der Waals surface area (Å²) in [7, 11) is -3.73. The van der Waals surface area contributed by atoms with Gasteiger partial charge in [0.2, 0.25) is 10.0 Å². The Balaban J connectivity index is 2.15. The third-order valence-electron chi connectivity index (χ3n) is 2.70. The molecule has 0 bridgehead atoms. The van der Waals surface area contributed by atoms with Crippen LogP contribution in [0.15, 0.2) is 53.4 Å². The molecule has 2 aromatic carbocycles. The maximum absolute atomic E-state index is 13.4. The van der Waals surface area contributed by atoms with Gasteiger partial charge >= 0.3 is 0 Å². The number of hydrogen-bond acceptors (Lipinski definition) is 3. The number of rotatable bonds is 4. The maximum Gasteiger partial charge on any atom is 0.240 e. The Morgan fingerprint density at radius 3 is 2.35 bits per heavy atom. The molecule has 0 amide bonds. The zero-order valence-electron chi connectivity index (χ0n) is 10.4. The maximum atomic E-state index is 13.4. The molecule has 2 rings (SSSR count). The van der Waals surface area contributed by atoms with E-state index in [1.54, 1.807) is 6.07 Å². The van der Waals surface area contributed by atoms with Crippen LogP contribution < -0.4 is 4.72 Å². The summed E-state index contributed by atoms with van der Waals surface area (Å²) in [5.74, 6) is -0.463. The molecule has 0 saturated heterocycles. The van der Waals surface area contributed by atoms with E-state index in [1.807, 2.05) is 6.07 Å². The summed E-state index contributed by atoms with van der Waals surface area (Å²) in [5, 5.41) is 8.66. The highest BCUT2D eigenvalue weighted by Crippen LogP contribution is 2.12. The van der Waals surface area contributed by atoms with Crippen molar-refractivity contribution in [1.29, 1.82) is 5.26 Å². The van der Waals surface area contributed by atoms with Gasteiger partial charge in [-0.25, -0.2) is 17.5 Å². The molecule has 102 valence electrons. The normalized spacial score (nSPS) is 11.0.